The molecule has 1 aliphatic rings. The first-order valence-corrected chi connectivity index (χ1v) is 10.2. The van der Waals surface area contributed by atoms with E-state index in [1.807, 2.05) is 38.1 Å². The standard InChI is InChI=1S/C22H33NO3/c1-3-19(21(24)22(25)23-4-2)16-18-11-13-20(14-12-18)26-15-6-5-8-17-9-7-10-17/h11-14,17,19H,3-10,15-16H2,1-2H3,(H,23,25). The highest BCUT2D eigenvalue weighted by Crippen LogP contribution is 2.30. The third-order valence-corrected chi connectivity index (χ3v) is 5.33. The number of ketones is 1. The van der Waals surface area contributed by atoms with Crippen molar-refractivity contribution in [1.29, 1.82) is 0 Å². The second-order valence-corrected chi connectivity index (χ2v) is 7.32. The van der Waals surface area contributed by atoms with Gasteiger partial charge in [-0.25, -0.2) is 0 Å². The van der Waals surface area contributed by atoms with E-state index < -0.39 is 5.91 Å². The Morgan fingerprint density at radius 1 is 1.15 bits per heavy atom. The maximum atomic E-state index is 12.2. The Hall–Kier alpha value is -1.84. The number of hydrogen-bond donors (Lipinski definition) is 1. The van der Waals surface area contributed by atoms with Crippen LogP contribution in [0.3, 0.4) is 0 Å². The molecular weight excluding hydrogens is 326 g/mol. The summed E-state index contributed by atoms with van der Waals surface area (Å²) < 4.78 is 5.81. The zero-order valence-electron chi connectivity index (χ0n) is 16.3. The second-order valence-electron chi connectivity index (χ2n) is 7.32. The number of carbonyl (C=O) groups is 2. The summed E-state index contributed by atoms with van der Waals surface area (Å²) in [6.07, 6.45) is 9.22. The van der Waals surface area contributed by atoms with Gasteiger partial charge in [-0.2, -0.15) is 0 Å². The lowest BCUT2D eigenvalue weighted by Gasteiger charge is -2.24. The molecule has 1 fully saturated rings. The Morgan fingerprint density at radius 3 is 2.46 bits per heavy atom. The molecule has 4 nitrogen and oxygen atoms in total. The molecule has 0 aromatic heterocycles. The molecule has 1 N–H and O–H groups in total. The van der Waals surface area contributed by atoms with Crippen LogP contribution in [0.1, 0.15) is 64.4 Å². The number of likely N-dealkylation sites (N-methyl/N-ethyl adjacent to an activating group) is 1. The second kappa shape index (κ2) is 11.0. The van der Waals surface area contributed by atoms with Gasteiger partial charge in [-0.05, 0) is 56.2 Å². The number of rotatable bonds is 12. The summed E-state index contributed by atoms with van der Waals surface area (Å²) >= 11 is 0. The average Bonchev–Trinajstić information content (AvgIpc) is 2.61. The molecule has 0 saturated heterocycles. The fourth-order valence-electron chi connectivity index (χ4n) is 3.37. The van der Waals surface area contributed by atoms with Gasteiger partial charge in [0, 0.05) is 12.5 Å². The van der Waals surface area contributed by atoms with E-state index in [-0.39, 0.29) is 11.7 Å². The zero-order valence-corrected chi connectivity index (χ0v) is 16.3. The third-order valence-electron chi connectivity index (χ3n) is 5.33. The number of amides is 1. The minimum absolute atomic E-state index is 0.264. The minimum atomic E-state index is -0.471. The van der Waals surface area contributed by atoms with Gasteiger partial charge in [0.1, 0.15) is 5.75 Å². The van der Waals surface area contributed by atoms with Gasteiger partial charge < -0.3 is 10.1 Å². The first kappa shape index (κ1) is 20.5. The van der Waals surface area contributed by atoms with E-state index in [0.29, 0.717) is 19.4 Å². The zero-order chi connectivity index (χ0) is 18.8. The topological polar surface area (TPSA) is 55.4 Å². The Bertz CT molecular complexity index is 563. The summed E-state index contributed by atoms with van der Waals surface area (Å²) in [6.45, 7) is 5.01. The van der Waals surface area contributed by atoms with Crippen molar-refractivity contribution in [3.63, 3.8) is 0 Å². The summed E-state index contributed by atoms with van der Waals surface area (Å²) in [6, 6.07) is 7.92. The van der Waals surface area contributed by atoms with Crippen LogP contribution in [0.25, 0.3) is 0 Å². The van der Waals surface area contributed by atoms with Gasteiger partial charge in [0.25, 0.3) is 5.91 Å². The lowest BCUT2D eigenvalue weighted by molar-refractivity contribution is -0.140. The summed E-state index contributed by atoms with van der Waals surface area (Å²) in [4.78, 5) is 23.9. The normalized spacial score (nSPS) is 15.2. The predicted octanol–water partition coefficient (Wildman–Crippen LogP) is 4.31. The van der Waals surface area contributed by atoms with Crippen molar-refractivity contribution in [3.8, 4) is 5.75 Å². The monoisotopic (exact) mass is 359 g/mol. The highest BCUT2D eigenvalue weighted by atomic mass is 16.5. The number of nitrogens with one attached hydrogen (secondary N) is 1. The molecule has 144 valence electrons. The smallest absolute Gasteiger partial charge is 0.287 e. The molecule has 1 saturated carbocycles. The van der Waals surface area contributed by atoms with Crippen molar-refractivity contribution in [2.45, 2.75) is 65.2 Å². The molecule has 4 heteroatoms. The molecule has 1 aromatic carbocycles. The Balaban J connectivity index is 1.72. The Kier molecular flexibility index (Phi) is 8.66. The molecule has 1 atom stereocenters. The van der Waals surface area contributed by atoms with Gasteiger partial charge in [0.2, 0.25) is 5.78 Å². The first-order chi connectivity index (χ1) is 12.6. The molecule has 26 heavy (non-hydrogen) atoms. The van der Waals surface area contributed by atoms with Gasteiger partial charge in [0.15, 0.2) is 0 Å². The maximum absolute atomic E-state index is 12.2. The summed E-state index contributed by atoms with van der Waals surface area (Å²) in [5, 5.41) is 2.59. The SMILES string of the molecule is CCNC(=O)C(=O)C(CC)Cc1ccc(OCCCCC2CCC2)cc1. The molecule has 1 aliphatic carbocycles. The molecule has 1 unspecified atom stereocenters. The highest BCUT2D eigenvalue weighted by molar-refractivity contribution is 6.36. The van der Waals surface area contributed by atoms with Crippen molar-refractivity contribution < 1.29 is 14.3 Å². The van der Waals surface area contributed by atoms with E-state index >= 15 is 0 Å². The third kappa shape index (κ3) is 6.47. The van der Waals surface area contributed by atoms with E-state index in [4.69, 9.17) is 4.74 Å². The number of carbonyl (C=O) groups excluding carboxylic acids is 2. The van der Waals surface area contributed by atoms with Gasteiger partial charge >= 0.3 is 0 Å². The van der Waals surface area contributed by atoms with Crippen LogP contribution in [0, 0.1) is 11.8 Å². The van der Waals surface area contributed by atoms with Gasteiger partial charge in [0.05, 0.1) is 6.61 Å². The van der Waals surface area contributed by atoms with Gasteiger partial charge in [-0.15, -0.1) is 0 Å². The van der Waals surface area contributed by atoms with Crippen LogP contribution in [0.2, 0.25) is 0 Å². The fraction of sp³-hybridized carbons (Fsp3) is 0.636. The molecule has 0 spiro atoms. The lowest BCUT2D eigenvalue weighted by Crippen LogP contribution is -2.35. The van der Waals surface area contributed by atoms with Crippen LogP contribution in [-0.4, -0.2) is 24.8 Å². The van der Waals surface area contributed by atoms with E-state index in [1.165, 1.54) is 32.1 Å². The number of unbranched alkanes of at least 4 members (excludes halogenated alkanes) is 1. The van der Waals surface area contributed by atoms with E-state index in [2.05, 4.69) is 5.32 Å². The van der Waals surface area contributed by atoms with Crippen LogP contribution >= 0.6 is 0 Å². The van der Waals surface area contributed by atoms with Gasteiger partial charge in [-0.1, -0.05) is 44.7 Å². The lowest BCUT2D eigenvalue weighted by atomic mass is 9.82. The first-order valence-electron chi connectivity index (χ1n) is 10.2. The van der Waals surface area contributed by atoms with Crippen LogP contribution < -0.4 is 10.1 Å². The maximum Gasteiger partial charge on any atom is 0.287 e. The molecule has 0 heterocycles. The van der Waals surface area contributed by atoms with Crippen LogP contribution in [0.15, 0.2) is 24.3 Å². The van der Waals surface area contributed by atoms with Crippen molar-refractivity contribution in [2.75, 3.05) is 13.2 Å². The summed E-state index contributed by atoms with van der Waals surface area (Å²) in [5.41, 5.74) is 1.06. The van der Waals surface area contributed by atoms with E-state index in [1.54, 1.807) is 0 Å². The van der Waals surface area contributed by atoms with Crippen LogP contribution in [0.5, 0.6) is 5.75 Å². The quantitative estimate of drug-likeness (QED) is 0.447. The average molecular weight is 360 g/mol. The number of benzene rings is 1. The molecule has 0 aliphatic heterocycles. The van der Waals surface area contributed by atoms with Crippen molar-refractivity contribution in [1.82, 2.24) is 5.32 Å². The number of ether oxygens (including phenoxy) is 1. The van der Waals surface area contributed by atoms with Crippen molar-refractivity contribution >= 4 is 11.7 Å². The fourth-order valence-corrected chi connectivity index (χ4v) is 3.37. The van der Waals surface area contributed by atoms with Crippen molar-refractivity contribution in [3.05, 3.63) is 29.8 Å². The van der Waals surface area contributed by atoms with Crippen LogP contribution in [0.4, 0.5) is 0 Å². The Labute approximate surface area is 157 Å². The number of hydrogen-bond acceptors (Lipinski definition) is 3. The minimum Gasteiger partial charge on any atom is -0.494 e. The number of Topliss-reactive ketones (excluding diaryl/α,β-unsaturated/α-hetero) is 1. The highest BCUT2D eigenvalue weighted by Gasteiger charge is 2.23. The van der Waals surface area contributed by atoms with E-state index in [9.17, 15) is 9.59 Å². The largest absolute Gasteiger partial charge is 0.494 e. The summed E-state index contributed by atoms with van der Waals surface area (Å²) in [7, 11) is 0. The predicted molar refractivity (Wildman–Crippen MR) is 104 cm³/mol. The molecule has 2 rings (SSSR count). The molecular formula is C22H33NO3. The van der Waals surface area contributed by atoms with Crippen molar-refractivity contribution in [2.24, 2.45) is 11.8 Å². The van der Waals surface area contributed by atoms with E-state index in [0.717, 1.165) is 30.3 Å². The summed E-state index contributed by atoms with van der Waals surface area (Å²) in [5.74, 6) is 0.797. The molecule has 0 bridgehead atoms. The molecule has 1 aromatic rings. The molecule has 1 amide bonds. The Morgan fingerprint density at radius 2 is 1.88 bits per heavy atom. The van der Waals surface area contributed by atoms with Gasteiger partial charge in [-0.3, -0.25) is 9.59 Å². The molecule has 0 radical (unpaired) electrons. The van der Waals surface area contributed by atoms with Crippen LogP contribution in [-0.2, 0) is 16.0 Å².